The fourth-order valence-electron chi connectivity index (χ4n) is 2.46. The zero-order valence-electron chi connectivity index (χ0n) is 13.0. The van der Waals surface area contributed by atoms with E-state index in [4.69, 9.17) is 40.5 Å². The number of nitrogens with zero attached hydrogens (tertiary/aromatic N) is 2. The molecule has 0 aliphatic carbocycles. The lowest BCUT2D eigenvalue weighted by Gasteiger charge is -2.16. The highest BCUT2D eigenvalue weighted by atomic mass is 35.5. The van der Waals surface area contributed by atoms with Gasteiger partial charge in [0, 0.05) is 27.6 Å². The Hall–Kier alpha value is -2.01. The minimum atomic E-state index is 0.00783. The molecule has 0 saturated heterocycles. The van der Waals surface area contributed by atoms with Gasteiger partial charge in [-0.15, -0.1) is 0 Å². The molecule has 1 aliphatic rings. The van der Waals surface area contributed by atoms with Gasteiger partial charge in [-0.2, -0.15) is 0 Å². The first-order chi connectivity index (χ1) is 11.9. The Bertz CT molecular complexity index is 902. The number of rotatable bonds is 2. The third-order valence-corrected chi connectivity index (χ3v) is 4.51. The Morgan fingerprint density at radius 3 is 2.32 bits per heavy atom. The van der Waals surface area contributed by atoms with Gasteiger partial charge in [0.2, 0.25) is 0 Å². The normalized spacial score (nSPS) is 18.2. The highest BCUT2D eigenvalue weighted by molar-refractivity contribution is 6.35. The molecule has 0 amide bonds. The van der Waals surface area contributed by atoms with Gasteiger partial charge in [-0.3, -0.25) is 0 Å². The van der Waals surface area contributed by atoms with E-state index in [2.05, 4.69) is 9.98 Å². The molecule has 2 aromatic carbocycles. The number of nitrogens with two attached hydrogens (primary N) is 1. The third-order valence-electron chi connectivity index (χ3n) is 3.71. The van der Waals surface area contributed by atoms with Crippen molar-refractivity contribution >= 4 is 57.9 Å². The Balaban J connectivity index is 1.92. The van der Waals surface area contributed by atoms with E-state index >= 15 is 0 Å². The number of aliphatic hydroxyl groups excluding tert-OH is 1. The van der Waals surface area contributed by atoms with E-state index in [0.717, 1.165) is 5.69 Å². The molecular weight excluding hydrogens is 381 g/mol. The highest BCUT2D eigenvalue weighted by Gasteiger charge is 2.20. The molecule has 4 nitrogen and oxygen atoms in total. The first kappa shape index (κ1) is 17.8. The third kappa shape index (κ3) is 4.15. The fourth-order valence-corrected chi connectivity index (χ4v) is 3.08. The molecule has 2 aromatic rings. The van der Waals surface area contributed by atoms with Gasteiger partial charge in [-0.1, -0.05) is 34.8 Å². The summed E-state index contributed by atoms with van der Waals surface area (Å²) in [5.74, 6) is 0.828. The summed E-state index contributed by atoms with van der Waals surface area (Å²) >= 11 is 17.9. The van der Waals surface area contributed by atoms with Gasteiger partial charge in [-0.05, 0) is 48.9 Å². The number of aliphatic hydroxyl groups is 1. The van der Waals surface area contributed by atoms with Crippen LogP contribution in [0.25, 0.3) is 5.76 Å². The Labute approximate surface area is 160 Å². The Kier molecular flexibility index (Phi) is 5.33. The molecule has 0 saturated carbocycles. The zero-order chi connectivity index (χ0) is 18.0. The maximum Gasteiger partial charge on any atom is 0.132 e. The minimum Gasteiger partial charge on any atom is -0.507 e. The molecule has 0 atom stereocenters. The maximum absolute atomic E-state index is 10.5. The van der Waals surface area contributed by atoms with E-state index in [-0.39, 0.29) is 11.6 Å². The second-order valence-electron chi connectivity index (χ2n) is 5.45. The van der Waals surface area contributed by atoms with Crippen LogP contribution in [0.15, 0.2) is 58.0 Å². The molecule has 3 N–H and O–H groups in total. The standard InChI is InChI=1S/C18H14Cl3N3O/c19-10-1-4-12(5-2-10)23-16-8-7-14(18(22)24-16)17(25)13-6-3-11(20)9-15(13)21/h1-6,9,25H,7-8H2,(H2,22,23,24)/b17-14+. The van der Waals surface area contributed by atoms with Crippen LogP contribution < -0.4 is 5.73 Å². The van der Waals surface area contributed by atoms with Crippen molar-refractivity contribution in [2.24, 2.45) is 15.7 Å². The second kappa shape index (κ2) is 7.48. The van der Waals surface area contributed by atoms with Crippen molar-refractivity contribution in [3.05, 3.63) is 68.7 Å². The highest BCUT2D eigenvalue weighted by Crippen LogP contribution is 2.30. The predicted octanol–water partition coefficient (Wildman–Crippen LogP) is 5.80. The number of halogens is 3. The maximum atomic E-state index is 10.5. The summed E-state index contributed by atoms with van der Waals surface area (Å²) in [7, 11) is 0. The van der Waals surface area contributed by atoms with E-state index in [1.807, 2.05) is 0 Å². The molecule has 0 radical (unpaired) electrons. The van der Waals surface area contributed by atoms with Crippen molar-refractivity contribution in [3.8, 4) is 0 Å². The molecule has 0 bridgehead atoms. The van der Waals surface area contributed by atoms with E-state index in [1.165, 1.54) is 0 Å². The van der Waals surface area contributed by atoms with Crippen LogP contribution in [0, 0.1) is 0 Å². The quantitative estimate of drug-likeness (QED) is 0.632. The van der Waals surface area contributed by atoms with Gasteiger partial charge in [0.25, 0.3) is 0 Å². The average molecular weight is 395 g/mol. The van der Waals surface area contributed by atoms with Gasteiger partial charge in [0.05, 0.1) is 10.7 Å². The van der Waals surface area contributed by atoms with E-state index in [9.17, 15) is 5.11 Å². The zero-order valence-corrected chi connectivity index (χ0v) is 15.3. The van der Waals surface area contributed by atoms with Crippen LogP contribution in [0.2, 0.25) is 15.1 Å². The molecule has 0 aromatic heterocycles. The number of benzene rings is 2. The van der Waals surface area contributed by atoms with Crippen LogP contribution in [0.4, 0.5) is 5.69 Å². The van der Waals surface area contributed by atoms with E-state index in [0.29, 0.717) is 44.9 Å². The SMILES string of the molecule is NC1=NC(=Nc2ccc(Cl)cc2)CC/C1=C(\O)c1ccc(Cl)cc1Cl. The largest absolute Gasteiger partial charge is 0.507 e. The Morgan fingerprint density at radius 1 is 1.00 bits per heavy atom. The smallest absolute Gasteiger partial charge is 0.132 e. The number of hydrogen-bond acceptors (Lipinski definition) is 3. The first-order valence-corrected chi connectivity index (χ1v) is 8.62. The van der Waals surface area contributed by atoms with Gasteiger partial charge in [-0.25, -0.2) is 9.98 Å². The summed E-state index contributed by atoms with van der Waals surface area (Å²) in [5, 5.41) is 12.0. The topological polar surface area (TPSA) is 71.0 Å². The van der Waals surface area contributed by atoms with Crippen molar-refractivity contribution in [1.82, 2.24) is 0 Å². The summed E-state index contributed by atoms with van der Waals surface area (Å²) in [6, 6.07) is 12.0. The van der Waals surface area contributed by atoms with Crippen molar-refractivity contribution < 1.29 is 5.11 Å². The van der Waals surface area contributed by atoms with Crippen molar-refractivity contribution in [3.63, 3.8) is 0 Å². The monoisotopic (exact) mass is 393 g/mol. The van der Waals surface area contributed by atoms with Crippen molar-refractivity contribution in [2.75, 3.05) is 0 Å². The van der Waals surface area contributed by atoms with Gasteiger partial charge < -0.3 is 10.8 Å². The van der Waals surface area contributed by atoms with Crippen molar-refractivity contribution in [1.29, 1.82) is 0 Å². The summed E-state index contributed by atoms with van der Waals surface area (Å²) in [6.07, 6.45) is 1.06. The first-order valence-electron chi connectivity index (χ1n) is 7.49. The number of hydrogen-bond donors (Lipinski definition) is 2. The molecule has 1 aliphatic heterocycles. The minimum absolute atomic E-state index is 0.00783. The fraction of sp³-hybridized carbons (Fsp3) is 0.111. The molecule has 25 heavy (non-hydrogen) atoms. The molecule has 0 spiro atoms. The second-order valence-corrected chi connectivity index (χ2v) is 6.73. The summed E-state index contributed by atoms with van der Waals surface area (Å²) in [4.78, 5) is 8.75. The average Bonchev–Trinajstić information content (AvgIpc) is 2.56. The Morgan fingerprint density at radius 2 is 1.68 bits per heavy atom. The summed E-state index contributed by atoms with van der Waals surface area (Å²) in [5.41, 5.74) is 7.78. The molecule has 1 heterocycles. The van der Waals surface area contributed by atoms with E-state index in [1.54, 1.807) is 42.5 Å². The van der Waals surface area contributed by atoms with Gasteiger partial charge >= 0.3 is 0 Å². The molecule has 128 valence electrons. The molecule has 7 heteroatoms. The van der Waals surface area contributed by atoms with Crippen LogP contribution in [-0.2, 0) is 0 Å². The van der Waals surface area contributed by atoms with Crippen LogP contribution in [-0.4, -0.2) is 16.8 Å². The predicted molar refractivity (Wildman–Crippen MR) is 105 cm³/mol. The van der Waals surface area contributed by atoms with Crippen LogP contribution in [0.3, 0.4) is 0 Å². The lowest BCUT2D eigenvalue weighted by Crippen LogP contribution is -2.23. The number of amidine groups is 2. The lowest BCUT2D eigenvalue weighted by atomic mass is 10.0. The summed E-state index contributed by atoms with van der Waals surface area (Å²) < 4.78 is 0. The van der Waals surface area contributed by atoms with Crippen LogP contribution >= 0.6 is 34.8 Å². The molecule has 3 rings (SSSR count). The summed E-state index contributed by atoms with van der Waals surface area (Å²) in [6.45, 7) is 0. The van der Waals surface area contributed by atoms with Crippen LogP contribution in [0.1, 0.15) is 18.4 Å². The molecular formula is C18H14Cl3N3O. The van der Waals surface area contributed by atoms with Crippen LogP contribution in [0.5, 0.6) is 0 Å². The van der Waals surface area contributed by atoms with Gasteiger partial charge in [0.1, 0.15) is 17.4 Å². The van der Waals surface area contributed by atoms with Gasteiger partial charge in [0.15, 0.2) is 0 Å². The number of aliphatic imine (C=N–C) groups is 2. The lowest BCUT2D eigenvalue weighted by molar-refractivity contribution is 0.506. The van der Waals surface area contributed by atoms with E-state index < -0.39 is 0 Å². The molecule has 0 fully saturated rings. The molecule has 0 unspecified atom stereocenters. The van der Waals surface area contributed by atoms with Crippen molar-refractivity contribution in [2.45, 2.75) is 12.8 Å².